The number of guanidine groups is 1. The number of nitrogens with two attached hydrogens (primary N) is 2. The zero-order valence-corrected chi connectivity index (χ0v) is 47.0. The average Bonchev–Trinajstić information content (AvgIpc) is 4.35. The van der Waals surface area contributed by atoms with E-state index in [9.17, 15) is 20.4 Å². The zero-order valence-electron chi connectivity index (χ0n) is 45.4. The number of furan rings is 1. The Labute approximate surface area is 455 Å². The van der Waals surface area contributed by atoms with Gasteiger partial charge in [0, 0.05) is 96.8 Å². The number of hydrogen-bond acceptors (Lipinski definition) is 12. The van der Waals surface area contributed by atoms with Crippen LogP contribution in [0.25, 0.3) is 0 Å². The van der Waals surface area contributed by atoms with Gasteiger partial charge < -0.3 is 62.0 Å². The van der Waals surface area contributed by atoms with E-state index in [0.29, 0.717) is 78.6 Å². The first-order valence-electron chi connectivity index (χ1n) is 29.2. The molecule has 0 radical (unpaired) electrons. The van der Waals surface area contributed by atoms with E-state index in [4.69, 9.17) is 20.6 Å². The van der Waals surface area contributed by atoms with Gasteiger partial charge >= 0.3 is 0 Å². The number of aliphatic hydroxyl groups excluding tert-OH is 3. The summed E-state index contributed by atoms with van der Waals surface area (Å²) in [5.41, 5.74) is 18.6. The third-order valence-corrected chi connectivity index (χ3v) is 22.8. The van der Waals surface area contributed by atoms with E-state index in [1.54, 1.807) is 13.1 Å². The molecule has 15 heteroatoms. The van der Waals surface area contributed by atoms with Crippen LogP contribution < -0.4 is 32.2 Å². The fraction of sp³-hybridized carbons (Fsp3) is 0.717. The molecule has 15 atom stereocenters. The van der Waals surface area contributed by atoms with E-state index < -0.39 is 12.2 Å². The van der Waals surface area contributed by atoms with Crippen molar-refractivity contribution in [2.75, 3.05) is 45.3 Å². The summed E-state index contributed by atoms with van der Waals surface area (Å²) in [6, 6.07) is 10.4. The molecule has 2 aromatic heterocycles. The number of H-pyrrole nitrogens is 1. The van der Waals surface area contributed by atoms with Gasteiger partial charge in [0.2, 0.25) is 0 Å². The van der Waals surface area contributed by atoms with Gasteiger partial charge in [0.05, 0.1) is 12.7 Å². The maximum Gasteiger partial charge on any atom is 0.188 e. The van der Waals surface area contributed by atoms with Crippen molar-refractivity contribution in [3.8, 4) is 11.5 Å². The number of aromatic hydroxyl groups is 1. The number of benzene rings is 1. The molecule has 1 saturated heterocycles. The number of nitrogens with zero attached hydrogens (tertiary/aromatic N) is 1. The molecule has 2 spiro atoms. The maximum absolute atomic E-state index is 11.9. The van der Waals surface area contributed by atoms with E-state index in [1.807, 2.05) is 53.8 Å². The number of aliphatic hydroxyl groups is 3. The quantitative estimate of drug-likeness (QED) is 0.0249. The molecular formula is C60H91N7O6S2. The minimum absolute atomic E-state index is 0.00772. The van der Waals surface area contributed by atoms with Gasteiger partial charge in [-0.15, -0.1) is 0 Å². The molecule has 1 aliphatic heterocycles. The molecule has 1 aromatic carbocycles. The Hall–Kier alpha value is -3.15. The number of aromatic amines is 1. The molecule has 12 N–H and O–H groups in total. The fourth-order valence-electron chi connectivity index (χ4n) is 16.8. The molecule has 75 heavy (non-hydrogen) atoms. The van der Waals surface area contributed by atoms with Crippen molar-refractivity contribution in [1.29, 1.82) is 0 Å². The molecule has 414 valence electrons. The highest BCUT2D eigenvalue weighted by atomic mass is 33.1. The Morgan fingerprint density at radius 2 is 1.77 bits per heavy atom. The molecule has 4 saturated carbocycles. The van der Waals surface area contributed by atoms with Crippen molar-refractivity contribution in [3.05, 3.63) is 82.1 Å². The number of phenolic OH excluding ortho intramolecular Hbond substituents is 1. The monoisotopic (exact) mass is 1070 g/mol. The summed E-state index contributed by atoms with van der Waals surface area (Å²) in [6.45, 7) is 5.45. The third kappa shape index (κ3) is 11.4. The Morgan fingerprint density at radius 1 is 0.960 bits per heavy atom. The van der Waals surface area contributed by atoms with Gasteiger partial charge in [-0.2, -0.15) is 0 Å². The smallest absolute Gasteiger partial charge is 0.188 e. The number of hydrogen-bond donors (Lipinski definition) is 10. The fourth-order valence-corrected chi connectivity index (χ4v) is 19.6. The lowest BCUT2D eigenvalue weighted by molar-refractivity contribution is 0.0354. The van der Waals surface area contributed by atoms with E-state index in [0.717, 1.165) is 72.1 Å². The summed E-state index contributed by atoms with van der Waals surface area (Å²) < 4.78 is 12.9. The first kappa shape index (κ1) is 55.2. The molecule has 3 aromatic rings. The van der Waals surface area contributed by atoms with Crippen molar-refractivity contribution < 1.29 is 29.6 Å². The molecule has 5 fully saturated rings. The number of phenols is 1. The Bertz CT molecular complexity index is 2440. The minimum Gasteiger partial charge on any atom is -0.504 e. The number of aliphatic imine (C=N–C) groups is 1. The summed E-state index contributed by atoms with van der Waals surface area (Å²) in [4.78, 5) is 8.03. The average molecular weight is 1070 g/mol. The van der Waals surface area contributed by atoms with Crippen LogP contribution in [0.15, 0.2) is 51.9 Å². The maximum atomic E-state index is 11.9. The van der Waals surface area contributed by atoms with Crippen LogP contribution >= 0.6 is 21.6 Å². The number of allylic oxidation sites excluding steroid dienone is 2. The molecule has 15 unspecified atom stereocenters. The highest BCUT2D eigenvalue weighted by Gasteiger charge is 2.65. The molecule has 8 aliphatic rings. The summed E-state index contributed by atoms with van der Waals surface area (Å²) in [5.74, 6) is 9.49. The van der Waals surface area contributed by atoms with Gasteiger partial charge in [-0.05, 0) is 167 Å². The van der Waals surface area contributed by atoms with Gasteiger partial charge in [-0.1, -0.05) is 72.4 Å². The molecule has 13 nitrogen and oxygen atoms in total. The zero-order chi connectivity index (χ0) is 52.4. The van der Waals surface area contributed by atoms with E-state index in [2.05, 4.69) is 51.1 Å². The molecule has 6 bridgehead atoms. The summed E-state index contributed by atoms with van der Waals surface area (Å²) in [7, 11) is 7.73. The van der Waals surface area contributed by atoms with Crippen molar-refractivity contribution in [2.24, 2.45) is 68.7 Å². The number of ether oxygens (including phenoxy) is 1. The normalized spacial score (nSPS) is 33.5. The lowest BCUT2D eigenvalue weighted by Crippen LogP contribution is -2.52. The van der Waals surface area contributed by atoms with Gasteiger partial charge in [-0.3, -0.25) is 4.99 Å². The topological polar surface area (TPSA) is 220 Å². The van der Waals surface area contributed by atoms with Crippen LogP contribution in [0.1, 0.15) is 161 Å². The van der Waals surface area contributed by atoms with Crippen LogP contribution in [0.4, 0.5) is 0 Å². The van der Waals surface area contributed by atoms with Crippen molar-refractivity contribution in [1.82, 2.24) is 20.9 Å². The van der Waals surface area contributed by atoms with Crippen molar-refractivity contribution >= 4 is 27.5 Å². The molecule has 11 rings (SSSR count). The highest BCUT2D eigenvalue weighted by molar-refractivity contribution is 8.76. The predicted molar refractivity (Wildman–Crippen MR) is 304 cm³/mol. The number of aryl methyl sites for hydroxylation is 3. The van der Waals surface area contributed by atoms with Gasteiger partial charge in [0.15, 0.2) is 17.5 Å². The largest absolute Gasteiger partial charge is 0.504 e. The van der Waals surface area contributed by atoms with Crippen LogP contribution in [0.5, 0.6) is 11.5 Å². The van der Waals surface area contributed by atoms with Crippen molar-refractivity contribution in [2.45, 2.75) is 172 Å². The van der Waals surface area contributed by atoms with E-state index in [1.165, 1.54) is 81.9 Å². The number of likely N-dealkylation sites (N-methyl/N-ethyl adjacent to an activating group) is 1. The summed E-state index contributed by atoms with van der Waals surface area (Å²) in [6.07, 6.45) is 22.8. The Kier molecular flexibility index (Phi) is 17.7. The number of aromatic nitrogens is 1. The van der Waals surface area contributed by atoms with Crippen LogP contribution in [0, 0.1) is 52.3 Å². The third-order valence-electron chi connectivity index (χ3n) is 20.3. The van der Waals surface area contributed by atoms with Gasteiger partial charge in [-0.25, -0.2) is 0 Å². The number of nitrogens with one attached hydrogen (secondary N) is 4. The first-order chi connectivity index (χ1) is 36.3. The van der Waals surface area contributed by atoms with Crippen molar-refractivity contribution in [3.63, 3.8) is 0 Å². The van der Waals surface area contributed by atoms with Crippen LogP contribution in [-0.4, -0.2) is 101 Å². The molecule has 3 heterocycles. The van der Waals surface area contributed by atoms with Gasteiger partial charge in [0.25, 0.3) is 0 Å². The molecule has 0 amide bonds. The SMILES string of the molecule is CN=C(N)NC1CSSCC2C(N)CC3CC(CCc4oc(CCc5ccc(O)c(OCC(O)c6cc7c([nH]6)C6C=CC8(CCCC8C68CCCC8)C7C(CNC)NCC(C)O)c5)cc4CO)CCC2C3CCC1C. The Morgan fingerprint density at radius 3 is 2.56 bits per heavy atom. The first-order valence-corrected chi connectivity index (χ1v) is 31.6. The predicted octanol–water partition coefficient (Wildman–Crippen LogP) is 9.00. The lowest BCUT2D eigenvalue weighted by Gasteiger charge is -2.53. The second kappa shape index (κ2) is 24.1. The lowest BCUT2D eigenvalue weighted by atomic mass is 9.52. The van der Waals surface area contributed by atoms with Gasteiger partial charge in [0.1, 0.15) is 24.2 Å². The van der Waals surface area contributed by atoms with Crippen LogP contribution in [0.3, 0.4) is 0 Å². The standard InChI is InChI=1S/C60H91N7O6S2/c1-35-9-15-42-39-24-37(11-16-43(42)45(47(61)27-39)33-74-75-34-50(35)67-58(62)64-4)13-18-53-40(31-68)26-41(73-53)14-10-38-12-17-51(70)54(25-38)72-32-52(71)48-28-44-56(49(30-63-3)65-29-36(2)69)60-22-7-8-55(60)59(20-5-6-21-59)46(19-23-60)57(44)66-48/h12,17,19,23,25-26,28,35-37,39,42-43,45-47,49-50,52,55-56,63,65-66,68-71H,5-11,13-16,18,20-22,24,27,29-34,61H2,1-4H3,(H3,62,64,67). The second-order valence-electron chi connectivity index (χ2n) is 24.6. The Balaban J connectivity index is 0.780. The van der Waals surface area contributed by atoms with E-state index in [-0.39, 0.29) is 53.7 Å². The van der Waals surface area contributed by atoms with E-state index >= 15 is 0 Å². The van der Waals surface area contributed by atoms with Crippen LogP contribution in [0.2, 0.25) is 0 Å². The van der Waals surface area contributed by atoms with Crippen LogP contribution in [-0.2, 0) is 25.9 Å². The summed E-state index contributed by atoms with van der Waals surface area (Å²) in [5, 5.41) is 54.7. The molecule has 7 aliphatic carbocycles. The summed E-state index contributed by atoms with van der Waals surface area (Å²) >= 11 is 0. The second-order valence-corrected chi connectivity index (χ2v) is 27.2. The minimum atomic E-state index is -0.936. The number of rotatable bonds is 18. The molecular weight excluding hydrogens is 979 g/mol. The highest BCUT2D eigenvalue weighted by Crippen LogP contribution is 2.73.